The van der Waals surface area contributed by atoms with E-state index in [1.807, 2.05) is 160 Å². The Labute approximate surface area is 392 Å². The second-order valence-electron chi connectivity index (χ2n) is 24.4. The molecule has 0 atom stereocenters. The Balaban J connectivity index is 2.04. The Morgan fingerprint density at radius 1 is 0.554 bits per heavy atom. The fraction of sp³-hybridized carbons (Fsp3) is 0.709. The number of carbonyl (C=O) groups is 4. The van der Waals surface area contributed by atoms with Gasteiger partial charge < -0.3 is 29.5 Å². The van der Waals surface area contributed by atoms with Crippen LogP contribution < -0.4 is 0 Å². The van der Waals surface area contributed by atoms with E-state index < -0.39 is 62.5 Å². The molecule has 2 saturated heterocycles. The van der Waals surface area contributed by atoms with Gasteiger partial charge in [-0.1, -0.05) is 67.5 Å². The molecule has 364 valence electrons. The van der Waals surface area contributed by atoms with Gasteiger partial charge in [0.15, 0.2) is 5.41 Å². The molecule has 2 amide bonds. The van der Waals surface area contributed by atoms with Crippen LogP contribution in [0.1, 0.15) is 207 Å². The molecule has 65 heavy (non-hydrogen) atoms. The molecule has 4 rings (SSSR count). The number of phenolic OH excluding ortho intramolecular Hbond substituents is 2. The van der Waals surface area contributed by atoms with Gasteiger partial charge in [-0.05, 0) is 164 Å². The highest BCUT2D eigenvalue weighted by molar-refractivity contribution is 6.01. The van der Waals surface area contributed by atoms with Crippen LogP contribution >= 0.6 is 0 Å². The molecule has 10 nitrogen and oxygen atoms in total. The second-order valence-corrected chi connectivity index (χ2v) is 24.4. The molecule has 0 aromatic heterocycles. The number of benzene rings is 2. The number of aromatic hydroxyl groups is 2. The van der Waals surface area contributed by atoms with E-state index in [1.54, 1.807) is 0 Å². The van der Waals surface area contributed by atoms with Crippen LogP contribution in [-0.2, 0) is 52.3 Å². The SMILES string of the molecule is CCCC(=O)N1C(C)(C)CC(OC(=O)C(Cc2cc(C(C)(C)C)c(O)c(C)c2C)(Cc2cc(C(C)(C)C)c(O)c(C)c2C)C(=O)OC2CC(C)(C)N(C(=O)CCC)C(C)(C)C2)CC1(C)C. The van der Waals surface area contributed by atoms with E-state index in [0.717, 1.165) is 11.1 Å². The molecular formula is C55H86N2O8. The first kappa shape index (κ1) is 53.5. The first-order valence-corrected chi connectivity index (χ1v) is 24.2. The van der Waals surface area contributed by atoms with E-state index in [0.29, 0.717) is 84.7 Å². The van der Waals surface area contributed by atoms with Crippen LogP contribution in [-0.4, -0.2) is 78.1 Å². The lowest BCUT2D eigenvalue weighted by Crippen LogP contribution is -2.65. The maximum absolute atomic E-state index is 16.0. The summed E-state index contributed by atoms with van der Waals surface area (Å²) in [6, 6.07) is 3.85. The smallest absolute Gasteiger partial charge is 0.324 e. The molecule has 2 N–H and O–H groups in total. The lowest BCUT2D eigenvalue weighted by atomic mass is 9.71. The Morgan fingerprint density at radius 2 is 0.831 bits per heavy atom. The third-order valence-electron chi connectivity index (χ3n) is 14.6. The van der Waals surface area contributed by atoms with E-state index in [9.17, 15) is 19.8 Å². The van der Waals surface area contributed by atoms with Crippen LogP contribution in [0.15, 0.2) is 12.1 Å². The van der Waals surface area contributed by atoms with Crippen molar-refractivity contribution >= 4 is 23.8 Å². The first-order chi connectivity index (χ1) is 29.5. The monoisotopic (exact) mass is 903 g/mol. The molecule has 0 radical (unpaired) electrons. The number of hydrogen-bond acceptors (Lipinski definition) is 8. The Kier molecular flexibility index (Phi) is 15.3. The standard InChI is InChI=1S/C55H86N2O8/c1-21-23-43(58)56-51(13,14)29-39(30-52(56,15)16)64-47(62)55(27-37-25-41(49(7,8)9)45(60)35(5)33(37)3,28-38-26-42(50(10,11)12)46(61)36(6)34(38)4)48(63)65-40-31-53(17,18)57(44(59)24-22-2)54(19,20)32-40/h25-26,39-40,60-61H,21-24,27-32H2,1-20H3. The summed E-state index contributed by atoms with van der Waals surface area (Å²) in [5.74, 6) is -0.968. The summed E-state index contributed by atoms with van der Waals surface area (Å²) in [5.41, 5.74) is 0.0650. The number of phenols is 2. The number of likely N-dealkylation sites (tertiary alicyclic amines) is 2. The quantitative estimate of drug-likeness (QED) is 0.159. The molecule has 0 aliphatic carbocycles. The fourth-order valence-electron chi connectivity index (χ4n) is 11.6. The minimum atomic E-state index is -1.96. The number of hydrogen-bond donors (Lipinski definition) is 2. The van der Waals surface area contributed by atoms with E-state index in [1.165, 1.54) is 0 Å². The average Bonchev–Trinajstić information content (AvgIpc) is 3.11. The molecule has 2 aliphatic heterocycles. The number of ether oxygens (including phenoxy) is 2. The molecule has 0 bridgehead atoms. The second kappa shape index (κ2) is 18.5. The molecule has 0 saturated carbocycles. The molecule has 2 aromatic rings. The van der Waals surface area contributed by atoms with E-state index in [2.05, 4.69) is 0 Å². The topological polar surface area (TPSA) is 134 Å². The number of carbonyl (C=O) groups excluding carboxylic acids is 4. The molecule has 2 aliphatic rings. The largest absolute Gasteiger partial charge is 0.507 e. The van der Waals surface area contributed by atoms with E-state index in [-0.39, 0.29) is 36.2 Å². The zero-order valence-electron chi connectivity index (χ0n) is 44.1. The van der Waals surface area contributed by atoms with Crippen molar-refractivity contribution in [3.63, 3.8) is 0 Å². The van der Waals surface area contributed by atoms with Crippen molar-refractivity contribution in [3.8, 4) is 11.5 Å². The maximum atomic E-state index is 16.0. The fourth-order valence-corrected chi connectivity index (χ4v) is 11.6. The number of nitrogens with zero attached hydrogens (tertiary/aromatic N) is 2. The molecule has 2 aromatic carbocycles. The highest BCUT2D eigenvalue weighted by Gasteiger charge is 2.56. The minimum absolute atomic E-state index is 0.0548. The van der Waals surface area contributed by atoms with Crippen molar-refractivity contribution < 1.29 is 38.9 Å². The van der Waals surface area contributed by atoms with Crippen molar-refractivity contribution in [1.82, 2.24) is 9.80 Å². The number of rotatable bonds is 12. The third-order valence-corrected chi connectivity index (χ3v) is 14.6. The normalized spacial score (nSPS) is 19.0. The van der Waals surface area contributed by atoms with Gasteiger partial charge >= 0.3 is 11.9 Å². The summed E-state index contributed by atoms with van der Waals surface area (Å²) in [7, 11) is 0. The summed E-state index contributed by atoms with van der Waals surface area (Å²) >= 11 is 0. The van der Waals surface area contributed by atoms with Crippen LogP contribution in [0.5, 0.6) is 11.5 Å². The van der Waals surface area contributed by atoms with Gasteiger partial charge in [-0.25, -0.2) is 0 Å². The number of amides is 2. The van der Waals surface area contributed by atoms with E-state index >= 15 is 9.59 Å². The van der Waals surface area contributed by atoms with Gasteiger partial charge in [0.1, 0.15) is 23.7 Å². The molecular weight excluding hydrogens is 817 g/mol. The minimum Gasteiger partial charge on any atom is -0.507 e. The molecule has 0 unspecified atom stereocenters. The van der Waals surface area contributed by atoms with E-state index in [4.69, 9.17) is 9.47 Å². The van der Waals surface area contributed by atoms with Crippen LogP contribution in [0.25, 0.3) is 0 Å². The molecule has 2 heterocycles. The van der Waals surface area contributed by atoms with Gasteiger partial charge in [-0.2, -0.15) is 0 Å². The predicted octanol–water partition coefficient (Wildman–Crippen LogP) is 11.5. The van der Waals surface area contributed by atoms with Gasteiger partial charge in [-0.3, -0.25) is 19.2 Å². The van der Waals surface area contributed by atoms with Gasteiger partial charge in [0.2, 0.25) is 11.8 Å². The Hall–Kier alpha value is -4.08. The van der Waals surface area contributed by atoms with Crippen molar-refractivity contribution in [1.29, 1.82) is 0 Å². The molecule has 10 heteroatoms. The van der Waals surface area contributed by atoms with Crippen LogP contribution in [0.4, 0.5) is 0 Å². The van der Waals surface area contributed by atoms with Crippen LogP contribution in [0, 0.1) is 33.1 Å². The van der Waals surface area contributed by atoms with Gasteiger partial charge in [-0.15, -0.1) is 0 Å². The third kappa shape index (κ3) is 10.9. The zero-order valence-corrected chi connectivity index (χ0v) is 44.1. The van der Waals surface area contributed by atoms with Crippen molar-refractivity contribution in [2.24, 2.45) is 5.41 Å². The summed E-state index contributed by atoms with van der Waals surface area (Å²) in [5, 5.41) is 23.1. The van der Waals surface area contributed by atoms with Crippen molar-refractivity contribution in [3.05, 3.63) is 56.6 Å². The van der Waals surface area contributed by atoms with Crippen molar-refractivity contribution in [2.45, 2.75) is 248 Å². The number of esters is 2. The van der Waals surface area contributed by atoms with Crippen LogP contribution in [0.2, 0.25) is 0 Å². The summed E-state index contributed by atoms with van der Waals surface area (Å²) in [4.78, 5) is 63.1. The first-order valence-electron chi connectivity index (χ1n) is 24.2. The maximum Gasteiger partial charge on any atom is 0.324 e. The number of piperidine rings is 2. The Bertz CT molecular complexity index is 1960. The molecule has 2 fully saturated rings. The predicted molar refractivity (Wildman–Crippen MR) is 260 cm³/mol. The zero-order chi connectivity index (χ0) is 49.8. The van der Waals surface area contributed by atoms with Gasteiger partial charge in [0.25, 0.3) is 0 Å². The lowest BCUT2D eigenvalue weighted by Gasteiger charge is -2.55. The van der Waals surface area contributed by atoms with Crippen molar-refractivity contribution in [2.75, 3.05) is 0 Å². The molecule has 0 spiro atoms. The van der Waals surface area contributed by atoms with Crippen LogP contribution in [0.3, 0.4) is 0 Å². The lowest BCUT2D eigenvalue weighted by molar-refractivity contribution is -0.189. The van der Waals surface area contributed by atoms with Gasteiger partial charge in [0, 0.05) is 60.7 Å². The van der Waals surface area contributed by atoms with Gasteiger partial charge in [0.05, 0.1) is 0 Å². The highest BCUT2D eigenvalue weighted by Crippen LogP contribution is 2.47. The summed E-state index contributed by atoms with van der Waals surface area (Å²) < 4.78 is 13.6. The average molecular weight is 903 g/mol. The summed E-state index contributed by atoms with van der Waals surface area (Å²) in [6.07, 6.45) is 2.26. The highest BCUT2D eigenvalue weighted by atomic mass is 16.6. The Morgan fingerprint density at radius 3 is 1.08 bits per heavy atom. The summed E-state index contributed by atoms with van der Waals surface area (Å²) in [6.45, 7) is 39.8.